The Morgan fingerprint density at radius 3 is 2.30 bits per heavy atom. The van der Waals surface area contributed by atoms with Gasteiger partial charge in [-0.1, -0.05) is 24.3 Å². The van der Waals surface area contributed by atoms with E-state index in [0.29, 0.717) is 0 Å². The Bertz CT molecular complexity index is 693. The number of carbonyl (C=O) groups excluding carboxylic acids is 2. The molecule has 0 bridgehead atoms. The Balaban J connectivity index is 1.29. The number of likely N-dealkylation sites (N-methyl/N-ethyl adjacent to an activating group) is 1. The highest BCUT2D eigenvalue weighted by atomic mass is 16.2. The topological polar surface area (TPSA) is 55.9 Å². The molecule has 146 valence electrons. The van der Waals surface area contributed by atoms with Crippen LogP contribution in [0.5, 0.6) is 0 Å². The van der Waals surface area contributed by atoms with E-state index in [1.54, 1.807) is 0 Å². The van der Waals surface area contributed by atoms with E-state index in [-0.39, 0.29) is 24.0 Å². The molecule has 0 aromatic heterocycles. The van der Waals surface area contributed by atoms with Gasteiger partial charge in [-0.3, -0.25) is 9.69 Å². The van der Waals surface area contributed by atoms with E-state index in [4.69, 9.17) is 0 Å². The quantitative estimate of drug-likeness (QED) is 0.864. The lowest BCUT2D eigenvalue weighted by molar-refractivity contribution is -0.127. The van der Waals surface area contributed by atoms with E-state index in [2.05, 4.69) is 28.4 Å². The Morgan fingerprint density at radius 2 is 1.59 bits per heavy atom. The predicted molar refractivity (Wildman–Crippen MR) is 104 cm³/mol. The number of fused-ring (bicyclic) bond motifs is 1. The summed E-state index contributed by atoms with van der Waals surface area (Å²) >= 11 is 0. The maximum Gasteiger partial charge on any atom is 0.319 e. The summed E-state index contributed by atoms with van der Waals surface area (Å²) in [4.78, 5) is 31.4. The predicted octanol–water partition coefficient (Wildman–Crippen LogP) is 1.84. The van der Waals surface area contributed by atoms with Crippen LogP contribution in [0.15, 0.2) is 24.3 Å². The van der Waals surface area contributed by atoms with Gasteiger partial charge in [0.15, 0.2) is 0 Å². The van der Waals surface area contributed by atoms with Crippen LogP contribution < -0.4 is 5.32 Å². The number of carbonyl (C=O) groups is 2. The highest BCUT2D eigenvalue weighted by Gasteiger charge is 2.32. The van der Waals surface area contributed by atoms with Crippen LogP contribution in [0.1, 0.15) is 36.8 Å². The van der Waals surface area contributed by atoms with Crippen LogP contribution in [0.25, 0.3) is 0 Å². The first-order valence-electron chi connectivity index (χ1n) is 10.2. The van der Waals surface area contributed by atoms with Gasteiger partial charge in [0, 0.05) is 38.8 Å². The normalized spacial score (nSPS) is 24.0. The lowest BCUT2D eigenvalue weighted by Crippen LogP contribution is -2.54. The molecule has 0 unspecified atom stereocenters. The average Bonchev–Trinajstić information content (AvgIpc) is 3.22. The monoisotopic (exact) mass is 370 g/mol. The minimum absolute atomic E-state index is 0.107. The van der Waals surface area contributed by atoms with Crippen LogP contribution in [-0.4, -0.2) is 71.9 Å². The van der Waals surface area contributed by atoms with Gasteiger partial charge in [-0.25, -0.2) is 4.79 Å². The number of nitrogens with one attached hydrogen (secondary N) is 1. The summed E-state index contributed by atoms with van der Waals surface area (Å²) in [6.07, 6.45) is 4.70. The zero-order valence-electron chi connectivity index (χ0n) is 16.2. The van der Waals surface area contributed by atoms with Gasteiger partial charge in [0.2, 0.25) is 5.91 Å². The third-order valence-electron chi connectivity index (χ3n) is 6.27. The third kappa shape index (κ3) is 3.95. The van der Waals surface area contributed by atoms with Crippen LogP contribution in [0, 0.1) is 0 Å². The average molecular weight is 370 g/mol. The number of piperidine rings is 1. The number of likely N-dealkylation sites (tertiary alicyclic amines) is 2. The smallest absolute Gasteiger partial charge is 0.319 e. The Kier molecular flexibility index (Phi) is 5.34. The first-order valence-corrected chi connectivity index (χ1v) is 10.2. The standard InChI is InChI=1S/C21H30N4O2/c1-23-15-17-7-3-2-6-16(17)14-19(23)20(26)22-18-8-12-25(13-9-18)21(27)24-10-4-5-11-24/h2-3,6-7,18-19H,4-5,8-15H2,1H3,(H,22,26)/t19-/m0/s1. The molecule has 2 fully saturated rings. The molecular formula is C21H30N4O2. The van der Waals surface area contributed by atoms with Gasteiger partial charge in [0.1, 0.15) is 0 Å². The highest BCUT2D eigenvalue weighted by Crippen LogP contribution is 2.23. The molecule has 2 saturated heterocycles. The molecule has 1 N–H and O–H groups in total. The summed E-state index contributed by atoms with van der Waals surface area (Å²) in [7, 11) is 2.03. The molecule has 27 heavy (non-hydrogen) atoms. The van der Waals surface area contributed by atoms with Gasteiger partial charge in [-0.05, 0) is 50.3 Å². The zero-order valence-corrected chi connectivity index (χ0v) is 16.2. The van der Waals surface area contributed by atoms with E-state index >= 15 is 0 Å². The lowest BCUT2D eigenvalue weighted by atomic mass is 9.93. The third-order valence-corrected chi connectivity index (χ3v) is 6.27. The van der Waals surface area contributed by atoms with E-state index in [1.165, 1.54) is 11.1 Å². The molecule has 1 aromatic rings. The van der Waals surface area contributed by atoms with Crippen LogP contribution >= 0.6 is 0 Å². The van der Waals surface area contributed by atoms with Crippen molar-refractivity contribution < 1.29 is 9.59 Å². The van der Waals surface area contributed by atoms with Crippen LogP contribution in [0.4, 0.5) is 4.79 Å². The van der Waals surface area contributed by atoms with Crippen molar-refractivity contribution in [3.63, 3.8) is 0 Å². The van der Waals surface area contributed by atoms with Gasteiger partial charge >= 0.3 is 6.03 Å². The second-order valence-corrected chi connectivity index (χ2v) is 8.15. The summed E-state index contributed by atoms with van der Waals surface area (Å²) in [5, 5.41) is 3.25. The Labute approximate surface area is 161 Å². The summed E-state index contributed by atoms with van der Waals surface area (Å²) in [5.74, 6) is 0.122. The fourth-order valence-corrected chi connectivity index (χ4v) is 4.57. The van der Waals surface area contributed by atoms with Gasteiger partial charge in [0.05, 0.1) is 6.04 Å². The Morgan fingerprint density at radius 1 is 0.963 bits per heavy atom. The largest absolute Gasteiger partial charge is 0.352 e. The number of benzene rings is 1. The molecule has 1 atom stereocenters. The molecule has 4 rings (SSSR count). The first kappa shape index (κ1) is 18.3. The summed E-state index contributed by atoms with van der Waals surface area (Å²) < 4.78 is 0. The zero-order chi connectivity index (χ0) is 18.8. The molecular weight excluding hydrogens is 340 g/mol. The van der Waals surface area contributed by atoms with Gasteiger partial charge < -0.3 is 15.1 Å². The minimum atomic E-state index is -0.107. The second-order valence-electron chi connectivity index (χ2n) is 8.15. The molecule has 0 aliphatic carbocycles. The molecule has 1 aromatic carbocycles. The molecule has 6 nitrogen and oxygen atoms in total. The van der Waals surface area contributed by atoms with Crippen molar-refractivity contribution in [2.24, 2.45) is 0 Å². The minimum Gasteiger partial charge on any atom is -0.352 e. The van der Waals surface area contributed by atoms with Crippen LogP contribution in [0.3, 0.4) is 0 Å². The van der Waals surface area contributed by atoms with Crippen LogP contribution in [-0.2, 0) is 17.8 Å². The fraction of sp³-hybridized carbons (Fsp3) is 0.619. The maximum atomic E-state index is 12.9. The first-order chi connectivity index (χ1) is 13.1. The number of hydrogen-bond donors (Lipinski definition) is 1. The molecule has 3 amide bonds. The Hall–Kier alpha value is -2.08. The highest BCUT2D eigenvalue weighted by molar-refractivity contribution is 5.82. The lowest BCUT2D eigenvalue weighted by Gasteiger charge is -2.37. The number of urea groups is 1. The van der Waals surface area contributed by atoms with Crippen molar-refractivity contribution >= 4 is 11.9 Å². The van der Waals surface area contributed by atoms with Crippen molar-refractivity contribution in [2.45, 2.75) is 50.7 Å². The van der Waals surface area contributed by atoms with E-state index in [1.807, 2.05) is 22.9 Å². The SMILES string of the molecule is CN1Cc2ccccc2C[C@H]1C(=O)NC1CCN(C(=O)N2CCCC2)CC1. The van der Waals surface area contributed by atoms with E-state index in [9.17, 15) is 9.59 Å². The number of rotatable bonds is 2. The molecule has 3 heterocycles. The summed E-state index contributed by atoms with van der Waals surface area (Å²) in [5.41, 5.74) is 2.60. The number of hydrogen-bond acceptors (Lipinski definition) is 3. The molecule has 3 aliphatic rings. The van der Waals surface area contributed by atoms with E-state index < -0.39 is 0 Å². The van der Waals surface area contributed by atoms with Crippen LogP contribution in [0.2, 0.25) is 0 Å². The molecule has 3 aliphatic heterocycles. The molecule has 0 radical (unpaired) electrons. The summed E-state index contributed by atoms with van der Waals surface area (Å²) in [6.45, 7) is 4.08. The van der Waals surface area contributed by atoms with Gasteiger partial charge in [-0.2, -0.15) is 0 Å². The molecule has 6 heteroatoms. The number of nitrogens with zero attached hydrogens (tertiary/aromatic N) is 3. The maximum absolute atomic E-state index is 12.9. The van der Waals surface area contributed by atoms with Gasteiger partial charge in [-0.15, -0.1) is 0 Å². The number of amides is 3. The van der Waals surface area contributed by atoms with Crippen molar-refractivity contribution in [3.8, 4) is 0 Å². The second kappa shape index (κ2) is 7.89. The fourth-order valence-electron chi connectivity index (χ4n) is 4.57. The van der Waals surface area contributed by atoms with Crippen molar-refractivity contribution in [1.29, 1.82) is 0 Å². The summed E-state index contributed by atoms with van der Waals surface area (Å²) in [6, 6.07) is 8.63. The van der Waals surface area contributed by atoms with E-state index in [0.717, 1.165) is 64.8 Å². The van der Waals surface area contributed by atoms with Gasteiger partial charge in [0.25, 0.3) is 0 Å². The van der Waals surface area contributed by atoms with Crippen molar-refractivity contribution in [2.75, 3.05) is 33.2 Å². The van der Waals surface area contributed by atoms with Crippen molar-refractivity contribution in [3.05, 3.63) is 35.4 Å². The molecule has 0 saturated carbocycles. The molecule has 0 spiro atoms. The van der Waals surface area contributed by atoms with Crippen molar-refractivity contribution in [1.82, 2.24) is 20.0 Å².